The summed E-state index contributed by atoms with van der Waals surface area (Å²) in [6.07, 6.45) is 68.8. The molecule has 0 rings (SSSR count). The smallest absolute Gasteiger partial charge is 0.462 e. The number of esters is 2. The van der Waals surface area contributed by atoms with E-state index in [1.165, 1.54) is 77.0 Å². The van der Waals surface area contributed by atoms with Crippen LogP contribution in [0.15, 0.2) is 97.2 Å². The highest BCUT2D eigenvalue weighted by molar-refractivity contribution is 7.47. The Morgan fingerprint density at radius 1 is 0.463 bits per heavy atom. The van der Waals surface area contributed by atoms with Gasteiger partial charge in [0.05, 0.1) is 13.2 Å². The average Bonchev–Trinajstić information content (AvgIpc) is 3.32. The van der Waals surface area contributed by atoms with Gasteiger partial charge >= 0.3 is 19.8 Å². The van der Waals surface area contributed by atoms with E-state index in [1.54, 1.807) is 0 Å². The first-order chi connectivity index (χ1) is 32.8. The molecule has 0 aliphatic heterocycles. The van der Waals surface area contributed by atoms with Gasteiger partial charge in [0, 0.05) is 19.4 Å². The van der Waals surface area contributed by atoms with Crippen LogP contribution in [0.5, 0.6) is 0 Å². The minimum Gasteiger partial charge on any atom is -0.462 e. The number of ether oxygens (including phenoxy) is 2. The minimum atomic E-state index is -4.39. The van der Waals surface area contributed by atoms with Crippen molar-refractivity contribution in [3.05, 3.63) is 97.2 Å². The van der Waals surface area contributed by atoms with E-state index in [9.17, 15) is 19.0 Å². The van der Waals surface area contributed by atoms with E-state index in [0.29, 0.717) is 6.42 Å². The summed E-state index contributed by atoms with van der Waals surface area (Å²) in [6.45, 7) is 3.59. The normalized spacial score (nSPS) is 13.9. The SMILES string of the molecule is CC/C=C\C/C=C\C/C=C\C/C=C\C/C=C\C/C=C\C/C=C\CCCCCCCCCCCCCC(=O)OC(COC(=O)CCCCCCC/C=C\CCCCCC)COP(=O)(O)OCCN. The standard InChI is InChI=1S/C57H98NO8P/c1-3-5-7-9-11-13-15-17-18-19-20-21-22-23-24-25-26-27-28-29-30-31-32-33-34-35-36-38-40-42-44-46-48-50-57(60)66-55(54-65-67(61,62)64-52-51-58)53-63-56(59)49-47-45-43-41-39-37-16-14-12-10-8-6-4-2/h5,7,11,13-14,16-18,20-21,23-24,26-27,29-30,55H,3-4,6,8-10,12,15,19,22,25,28,31-54,58H2,1-2H3,(H,61,62)/b7-5-,13-11-,16-14-,18-17-,21-20-,24-23-,27-26-,30-29-. The summed E-state index contributed by atoms with van der Waals surface area (Å²) < 4.78 is 32.9. The van der Waals surface area contributed by atoms with E-state index in [-0.39, 0.29) is 32.6 Å². The lowest BCUT2D eigenvalue weighted by atomic mass is 10.0. The molecule has 0 radical (unpaired) electrons. The minimum absolute atomic E-state index is 0.0481. The van der Waals surface area contributed by atoms with E-state index in [0.717, 1.165) is 109 Å². The third kappa shape index (κ3) is 52.2. The summed E-state index contributed by atoms with van der Waals surface area (Å²) in [5.74, 6) is -0.845. The lowest BCUT2D eigenvalue weighted by Crippen LogP contribution is -2.29. The van der Waals surface area contributed by atoms with Crippen LogP contribution in [0.1, 0.15) is 219 Å². The number of hydrogen-bond donors (Lipinski definition) is 2. The first-order valence-electron chi connectivity index (χ1n) is 26.7. The Hall–Kier alpha value is -3.07. The zero-order valence-corrected chi connectivity index (χ0v) is 43.5. The van der Waals surface area contributed by atoms with E-state index in [2.05, 4.69) is 111 Å². The molecule has 0 aliphatic rings. The predicted octanol–water partition coefficient (Wildman–Crippen LogP) is 16.5. The van der Waals surface area contributed by atoms with E-state index in [4.69, 9.17) is 24.3 Å². The van der Waals surface area contributed by atoms with Gasteiger partial charge in [0.2, 0.25) is 0 Å². The van der Waals surface area contributed by atoms with Gasteiger partial charge in [-0.15, -0.1) is 0 Å². The summed E-state index contributed by atoms with van der Waals surface area (Å²) in [5.41, 5.74) is 5.36. The molecule has 384 valence electrons. The monoisotopic (exact) mass is 956 g/mol. The number of carbonyl (C=O) groups is 2. The highest BCUT2D eigenvalue weighted by atomic mass is 31.2. The lowest BCUT2D eigenvalue weighted by Gasteiger charge is -2.19. The Kier molecular flexibility index (Phi) is 49.9. The molecule has 0 amide bonds. The predicted molar refractivity (Wildman–Crippen MR) is 284 cm³/mol. The summed E-state index contributed by atoms with van der Waals surface area (Å²) in [6, 6.07) is 0. The van der Waals surface area contributed by atoms with Crippen LogP contribution in [0.4, 0.5) is 0 Å². The van der Waals surface area contributed by atoms with Crippen LogP contribution in [0.2, 0.25) is 0 Å². The number of phosphoric ester groups is 1. The van der Waals surface area contributed by atoms with Crippen molar-refractivity contribution in [3.8, 4) is 0 Å². The van der Waals surface area contributed by atoms with Crippen molar-refractivity contribution in [3.63, 3.8) is 0 Å². The fraction of sp³-hybridized carbons (Fsp3) is 0.684. The zero-order valence-electron chi connectivity index (χ0n) is 42.6. The van der Waals surface area contributed by atoms with Crippen LogP contribution < -0.4 is 5.73 Å². The zero-order chi connectivity index (χ0) is 48.8. The quantitative estimate of drug-likeness (QED) is 0.0264. The van der Waals surface area contributed by atoms with Crippen molar-refractivity contribution in [2.45, 2.75) is 225 Å². The van der Waals surface area contributed by atoms with Crippen molar-refractivity contribution >= 4 is 19.8 Å². The van der Waals surface area contributed by atoms with Gasteiger partial charge in [-0.3, -0.25) is 18.6 Å². The molecule has 0 saturated heterocycles. The lowest BCUT2D eigenvalue weighted by molar-refractivity contribution is -0.161. The Bertz CT molecular complexity index is 1410. The maximum Gasteiger partial charge on any atom is 0.472 e. The molecule has 0 aromatic rings. The van der Waals surface area contributed by atoms with Gasteiger partial charge in [0.25, 0.3) is 0 Å². The molecule has 67 heavy (non-hydrogen) atoms. The van der Waals surface area contributed by atoms with Crippen LogP contribution in [0.25, 0.3) is 0 Å². The van der Waals surface area contributed by atoms with Crippen LogP contribution in [-0.4, -0.2) is 49.3 Å². The Balaban J connectivity index is 3.98. The second kappa shape index (κ2) is 52.3. The van der Waals surface area contributed by atoms with Gasteiger partial charge in [-0.1, -0.05) is 207 Å². The number of unbranched alkanes of at least 4 members (excludes halogenated alkanes) is 20. The molecule has 0 aromatic carbocycles. The van der Waals surface area contributed by atoms with E-state index in [1.807, 2.05) is 0 Å². The van der Waals surface area contributed by atoms with Gasteiger partial charge in [-0.25, -0.2) is 4.57 Å². The number of nitrogens with two attached hydrogens (primary N) is 1. The molecule has 0 spiro atoms. The van der Waals surface area contributed by atoms with Crippen LogP contribution in [-0.2, 0) is 32.7 Å². The summed E-state index contributed by atoms with van der Waals surface area (Å²) >= 11 is 0. The molecule has 9 nitrogen and oxygen atoms in total. The summed E-state index contributed by atoms with van der Waals surface area (Å²) in [5, 5.41) is 0. The van der Waals surface area contributed by atoms with E-state index < -0.39 is 32.5 Å². The third-order valence-electron chi connectivity index (χ3n) is 11.0. The first kappa shape index (κ1) is 63.9. The number of hydrogen-bond acceptors (Lipinski definition) is 8. The molecule has 0 heterocycles. The van der Waals surface area contributed by atoms with Crippen molar-refractivity contribution in [1.29, 1.82) is 0 Å². The maximum atomic E-state index is 12.7. The fourth-order valence-electron chi connectivity index (χ4n) is 7.02. The Labute approximate surface area is 410 Å². The summed E-state index contributed by atoms with van der Waals surface area (Å²) in [7, 11) is -4.39. The van der Waals surface area contributed by atoms with Crippen LogP contribution in [0.3, 0.4) is 0 Å². The maximum absolute atomic E-state index is 12.7. The number of rotatable bonds is 49. The number of phosphoric acid groups is 1. The topological polar surface area (TPSA) is 134 Å². The van der Waals surface area contributed by atoms with Gasteiger partial charge in [0.1, 0.15) is 6.61 Å². The van der Waals surface area contributed by atoms with Gasteiger partial charge in [-0.05, 0) is 96.3 Å². The molecule has 0 aliphatic carbocycles. The molecule has 0 fully saturated rings. The second-order valence-electron chi connectivity index (χ2n) is 17.4. The van der Waals surface area contributed by atoms with Crippen LogP contribution in [0, 0.1) is 0 Å². The third-order valence-corrected chi connectivity index (χ3v) is 11.9. The van der Waals surface area contributed by atoms with Gasteiger partial charge in [0.15, 0.2) is 6.10 Å². The molecule has 2 atom stereocenters. The molecular weight excluding hydrogens is 858 g/mol. The number of allylic oxidation sites excluding steroid dienone is 16. The Morgan fingerprint density at radius 3 is 1.24 bits per heavy atom. The average molecular weight is 956 g/mol. The molecular formula is C57H98NO8P. The molecule has 3 N–H and O–H groups in total. The van der Waals surface area contributed by atoms with E-state index >= 15 is 0 Å². The Morgan fingerprint density at radius 2 is 0.821 bits per heavy atom. The number of carbonyl (C=O) groups excluding carboxylic acids is 2. The highest BCUT2D eigenvalue weighted by Gasteiger charge is 2.26. The largest absolute Gasteiger partial charge is 0.472 e. The van der Waals surface area contributed by atoms with Crippen molar-refractivity contribution in [2.24, 2.45) is 5.73 Å². The molecule has 2 unspecified atom stereocenters. The van der Waals surface area contributed by atoms with Gasteiger partial charge < -0.3 is 20.1 Å². The second-order valence-corrected chi connectivity index (χ2v) is 18.8. The molecule has 0 saturated carbocycles. The van der Waals surface area contributed by atoms with Crippen molar-refractivity contribution in [1.82, 2.24) is 0 Å². The molecule has 10 heteroatoms. The highest BCUT2D eigenvalue weighted by Crippen LogP contribution is 2.43. The fourth-order valence-corrected chi connectivity index (χ4v) is 7.79. The molecule has 0 aromatic heterocycles. The molecule has 0 bridgehead atoms. The van der Waals surface area contributed by atoms with Crippen molar-refractivity contribution < 1.29 is 37.6 Å². The first-order valence-corrected chi connectivity index (χ1v) is 28.2. The van der Waals surface area contributed by atoms with Gasteiger partial charge in [-0.2, -0.15) is 0 Å². The summed E-state index contributed by atoms with van der Waals surface area (Å²) in [4.78, 5) is 35.0. The van der Waals surface area contributed by atoms with Crippen molar-refractivity contribution in [2.75, 3.05) is 26.4 Å². The van der Waals surface area contributed by atoms with Crippen LogP contribution >= 0.6 is 7.82 Å².